The summed E-state index contributed by atoms with van der Waals surface area (Å²) >= 11 is 0. The first-order chi connectivity index (χ1) is 10.00. The van der Waals surface area contributed by atoms with Crippen LogP contribution in [0, 0.1) is 11.7 Å². The van der Waals surface area contributed by atoms with Gasteiger partial charge in [-0.25, -0.2) is 13.8 Å². The summed E-state index contributed by atoms with van der Waals surface area (Å²) in [5.41, 5.74) is 0.978. The molecule has 0 aliphatic carbocycles. The average molecular weight is 315 g/mol. The molecule has 2 N–H and O–H groups in total. The second-order valence-corrected chi connectivity index (χ2v) is 6.91. The molecule has 1 aliphatic rings. The van der Waals surface area contributed by atoms with Crippen molar-refractivity contribution in [2.75, 3.05) is 31.1 Å². The van der Waals surface area contributed by atoms with Crippen molar-refractivity contribution in [1.29, 1.82) is 0 Å². The van der Waals surface area contributed by atoms with E-state index >= 15 is 0 Å². The lowest BCUT2D eigenvalue weighted by atomic mass is 10.1. The molecule has 1 saturated heterocycles. The summed E-state index contributed by atoms with van der Waals surface area (Å²) < 4.78 is 41.3. The monoisotopic (exact) mass is 315 g/mol. The normalized spacial score (nSPS) is 19.1. The molecule has 1 heterocycles. The molecule has 1 fully saturated rings. The molecule has 0 spiro atoms. The first-order valence-electron chi connectivity index (χ1n) is 7.25. The van der Waals surface area contributed by atoms with Crippen molar-refractivity contribution in [2.24, 2.45) is 5.92 Å². The summed E-state index contributed by atoms with van der Waals surface area (Å²) in [6.07, 6.45) is 1.69. The van der Waals surface area contributed by atoms with Crippen LogP contribution in [0.4, 0.5) is 10.1 Å². The summed E-state index contributed by atoms with van der Waals surface area (Å²) in [6, 6.07) is 6.40. The Balaban J connectivity index is 1.81. The van der Waals surface area contributed by atoms with Crippen molar-refractivity contribution in [1.82, 2.24) is 9.44 Å². The number of hydrogen-bond donors (Lipinski definition) is 2. The molecule has 0 aromatic heterocycles. The molecule has 118 valence electrons. The zero-order valence-corrected chi connectivity index (χ0v) is 13.0. The van der Waals surface area contributed by atoms with Gasteiger partial charge in [-0.2, -0.15) is 8.42 Å². The molecule has 2 rings (SSSR count). The maximum absolute atomic E-state index is 12.9. The van der Waals surface area contributed by atoms with Gasteiger partial charge in [-0.05, 0) is 43.0 Å². The fourth-order valence-corrected chi connectivity index (χ4v) is 3.43. The zero-order valence-electron chi connectivity index (χ0n) is 12.2. The third-order valence-electron chi connectivity index (χ3n) is 3.58. The van der Waals surface area contributed by atoms with E-state index in [0.717, 1.165) is 31.6 Å². The Kier molecular flexibility index (Phi) is 5.55. The maximum Gasteiger partial charge on any atom is 0.276 e. The minimum absolute atomic E-state index is 0.246. The van der Waals surface area contributed by atoms with Crippen molar-refractivity contribution in [3.05, 3.63) is 30.1 Å². The lowest BCUT2D eigenvalue weighted by molar-refractivity contribution is 0.532. The molecule has 1 aliphatic heterocycles. The number of hydrogen-bond acceptors (Lipinski definition) is 3. The van der Waals surface area contributed by atoms with Crippen LogP contribution in [0.2, 0.25) is 0 Å². The molecule has 0 unspecified atom stereocenters. The van der Waals surface area contributed by atoms with Crippen LogP contribution in [0.25, 0.3) is 0 Å². The van der Waals surface area contributed by atoms with E-state index in [0.29, 0.717) is 13.1 Å². The standard InChI is InChI=1S/C14H22FN3O2S/c1-2-8-16-21(19,20)17-10-12-7-9-18(11-12)14-5-3-13(15)4-6-14/h3-6,12,16-17H,2,7-11H2,1H3/t12-/m0/s1. The lowest BCUT2D eigenvalue weighted by Gasteiger charge is -2.18. The van der Waals surface area contributed by atoms with Gasteiger partial charge in [0.05, 0.1) is 0 Å². The maximum atomic E-state index is 12.9. The highest BCUT2D eigenvalue weighted by molar-refractivity contribution is 7.87. The highest BCUT2D eigenvalue weighted by atomic mass is 32.2. The SMILES string of the molecule is CCCNS(=O)(=O)NC[C@@H]1CCN(c2ccc(F)cc2)C1. The van der Waals surface area contributed by atoms with Crippen LogP contribution in [0.1, 0.15) is 19.8 Å². The second kappa shape index (κ2) is 7.20. The molecular formula is C14H22FN3O2S. The van der Waals surface area contributed by atoms with Gasteiger partial charge in [-0.3, -0.25) is 0 Å². The number of nitrogens with zero attached hydrogens (tertiary/aromatic N) is 1. The van der Waals surface area contributed by atoms with Gasteiger partial charge in [0.2, 0.25) is 0 Å². The minimum atomic E-state index is -3.39. The molecule has 0 bridgehead atoms. The Labute approximate surface area is 125 Å². The molecule has 21 heavy (non-hydrogen) atoms. The van der Waals surface area contributed by atoms with Gasteiger partial charge in [-0.1, -0.05) is 6.92 Å². The van der Waals surface area contributed by atoms with Crippen LogP contribution >= 0.6 is 0 Å². The molecule has 0 amide bonds. The Bertz CT molecular complexity index is 548. The molecule has 0 radical (unpaired) electrons. The summed E-state index contributed by atoms with van der Waals surface area (Å²) in [6.45, 7) is 4.43. The first kappa shape index (κ1) is 16.2. The van der Waals surface area contributed by atoms with E-state index in [4.69, 9.17) is 0 Å². The molecule has 1 atom stereocenters. The summed E-state index contributed by atoms with van der Waals surface area (Å²) in [5, 5.41) is 0. The van der Waals surface area contributed by atoms with Gasteiger partial charge in [0.1, 0.15) is 5.82 Å². The van der Waals surface area contributed by atoms with Crippen molar-refractivity contribution in [2.45, 2.75) is 19.8 Å². The van der Waals surface area contributed by atoms with Crippen LogP contribution in [0.5, 0.6) is 0 Å². The van der Waals surface area contributed by atoms with Crippen molar-refractivity contribution >= 4 is 15.9 Å². The van der Waals surface area contributed by atoms with E-state index in [1.807, 2.05) is 6.92 Å². The highest BCUT2D eigenvalue weighted by Crippen LogP contribution is 2.23. The molecule has 7 heteroatoms. The Hall–Kier alpha value is -1.18. The van der Waals surface area contributed by atoms with Crippen LogP contribution in [-0.2, 0) is 10.2 Å². The van der Waals surface area contributed by atoms with Crippen molar-refractivity contribution in [3.63, 3.8) is 0 Å². The van der Waals surface area contributed by atoms with Crippen LogP contribution in [-0.4, -0.2) is 34.6 Å². The smallest absolute Gasteiger partial charge is 0.276 e. The second-order valence-electron chi connectivity index (χ2n) is 5.32. The van der Waals surface area contributed by atoms with Gasteiger partial charge in [0.15, 0.2) is 0 Å². The predicted octanol–water partition coefficient (Wildman–Crippen LogP) is 1.49. The van der Waals surface area contributed by atoms with E-state index in [9.17, 15) is 12.8 Å². The van der Waals surface area contributed by atoms with Gasteiger partial charge >= 0.3 is 0 Å². The molecule has 1 aromatic carbocycles. The molecule has 5 nitrogen and oxygen atoms in total. The number of rotatable bonds is 7. The van der Waals surface area contributed by atoms with Gasteiger partial charge in [-0.15, -0.1) is 0 Å². The predicted molar refractivity (Wildman–Crippen MR) is 81.9 cm³/mol. The van der Waals surface area contributed by atoms with E-state index in [-0.39, 0.29) is 11.7 Å². The third kappa shape index (κ3) is 4.94. The van der Waals surface area contributed by atoms with Gasteiger partial charge < -0.3 is 4.90 Å². The number of anilines is 1. The van der Waals surface area contributed by atoms with Crippen LogP contribution in [0.3, 0.4) is 0 Å². The number of halogens is 1. The summed E-state index contributed by atoms with van der Waals surface area (Å²) in [5.74, 6) is 0.0255. The van der Waals surface area contributed by atoms with Gasteiger partial charge in [0.25, 0.3) is 10.2 Å². The Morgan fingerprint density at radius 2 is 2.00 bits per heavy atom. The molecule has 0 saturated carbocycles. The fourth-order valence-electron chi connectivity index (χ4n) is 2.40. The third-order valence-corrected chi connectivity index (χ3v) is 4.71. The quantitative estimate of drug-likeness (QED) is 0.801. The number of nitrogens with one attached hydrogen (secondary N) is 2. The average Bonchev–Trinajstić information content (AvgIpc) is 2.93. The zero-order chi connectivity index (χ0) is 15.3. The van der Waals surface area contributed by atoms with Crippen LogP contribution < -0.4 is 14.3 Å². The van der Waals surface area contributed by atoms with Crippen molar-refractivity contribution in [3.8, 4) is 0 Å². The fraction of sp³-hybridized carbons (Fsp3) is 0.571. The van der Waals surface area contributed by atoms with E-state index in [1.165, 1.54) is 12.1 Å². The Morgan fingerprint density at radius 3 is 2.67 bits per heavy atom. The highest BCUT2D eigenvalue weighted by Gasteiger charge is 2.24. The summed E-state index contributed by atoms with van der Waals surface area (Å²) in [4.78, 5) is 2.15. The first-order valence-corrected chi connectivity index (χ1v) is 8.73. The molecule has 1 aromatic rings. The topological polar surface area (TPSA) is 61.4 Å². The minimum Gasteiger partial charge on any atom is -0.371 e. The Morgan fingerprint density at radius 1 is 1.29 bits per heavy atom. The lowest BCUT2D eigenvalue weighted by Crippen LogP contribution is -2.39. The van der Waals surface area contributed by atoms with Crippen molar-refractivity contribution < 1.29 is 12.8 Å². The van der Waals surface area contributed by atoms with E-state index in [2.05, 4.69) is 14.3 Å². The van der Waals surface area contributed by atoms with Gasteiger partial charge in [0, 0.05) is 31.9 Å². The van der Waals surface area contributed by atoms with Crippen LogP contribution in [0.15, 0.2) is 24.3 Å². The number of benzene rings is 1. The molecular weight excluding hydrogens is 293 g/mol. The summed E-state index contributed by atoms with van der Waals surface area (Å²) in [7, 11) is -3.39. The van der Waals surface area contributed by atoms with E-state index < -0.39 is 10.2 Å². The largest absolute Gasteiger partial charge is 0.371 e. The van der Waals surface area contributed by atoms with E-state index in [1.54, 1.807) is 12.1 Å².